The van der Waals surface area contributed by atoms with Crippen molar-refractivity contribution in [2.45, 2.75) is 44.4 Å². The molecule has 5 nitrogen and oxygen atoms in total. The molecule has 0 aromatic carbocycles. The van der Waals surface area contributed by atoms with E-state index in [9.17, 15) is 9.59 Å². The Balaban J connectivity index is 2.12. The predicted octanol–water partition coefficient (Wildman–Crippen LogP) is 3.22. The number of aromatic nitrogens is 1. The van der Waals surface area contributed by atoms with Crippen molar-refractivity contribution in [1.29, 1.82) is 0 Å². The van der Waals surface area contributed by atoms with E-state index in [1.807, 2.05) is 11.8 Å². The fourth-order valence-corrected chi connectivity index (χ4v) is 4.14. The van der Waals surface area contributed by atoms with Crippen LogP contribution in [0.5, 0.6) is 0 Å². The summed E-state index contributed by atoms with van der Waals surface area (Å²) in [5.74, 6) is -0.683. The largest absolute Gasteiger partial charge is 0.461 e. The van der Waals surface area contributed by atoms with Crippen molar-refractivity contribution in [2.75, 3.05) is 18.2 Å². The second-order valence-electron chi connectivity index (χ2n) is 4.99. The van der Waals surface area contributed by atoms with Crippen LogP contribution in [0.15, 0.2) is 0 Å². The minimum absolute atomic E-state index is 0.135. The molecule has 1 fully saturated rings. The number of esters is 1. The van der Waals surface area contributed by atoms with Crippen LogP contribution < -0.4 is 5.32 Å². The zero-order valence-corrected chi connectivity index (χ0v) is 14.1. The highest BCUT2D eigenvalue weighted by molar-refractivity contribution is 7.99. The van der Waals surface area contributed by atoms with Crippen LogP contribution in [0, 0.1) is 0 Å². The Hall–Kier alpha value is -1.08. The van der Waals surface area contributed by atoms with Gasteiger partial charge in [-0.15, -0.1) is 0 Å². The highest BCUT2D eigenvalue weighted by atomic mass is 32.2. The number of carbonyl (C=O) groups excluding carboxylic acids is 2. The SMILES string of the molecule is CCOC(=O)c1nc(NC2CCC(SC)C2)sc1C(C)=O. The third-order valence-electron chi connectivity index (χ3n) is 3.46. The molecule has 0 bridgehead atoms. The first-order valence-corrected chi connectivity index (χ1v) is 9.13. The van der Waals surface area contributed by atoms with E-state index in [0.717, 1.165) is 12.8 Å². The predicted molar refractivity (Wildman–Crippen MR) is 86.6 cm³/mol. The summed E-state index contributed by atoms with van der Waals surface area (Å²) in [5.41, 5.74) is 0.135. The lowest BCUT2D eigenvalue weighted by Gasteiger charge is -2.10. The molecule has 116 valence electrons. The molecule has 1 N–H and O–H groups in total. The number of hydrogen-bond donors (Lipinski definition) is 1. The van der Waals surface area contributed by atoms with E-state index in [1.54, 1.807) is 6.92 Å². The van der Waals surface area contributed by atoms with Gasteiger partial charge in [0.05, 0.1) is 6.61 Å². The average Bonchev–Trinajstić information content (AvgIpc) is 3.06. The van der Waals surface area contributed by atoms with Gasteiger partial charge in [-0.25, -0.2) is 9.78 Å². The van der Waals surface area contributed by atoms with Gasteiger partial charge in [0.25, 0.3) is 0 Å². The van der Waals surface area contributed by atoms with Crippen LogP contribution in [0.2, 0.25) is 0 Å². The standard InChI is InChI=1S/C14H20N2O3S2/c1-4-19-13(18)11-12(8(2)17)21-14(16-11)15-9-5-6-10(7-9)20-3/h9-10H,4-7H2,1-3H3,(H,15,16). The number of thiazole rings is 1. The van der Waals surface area contributed by atoms with E-state index in [4.69, 9.17) is 4.74 Å². The van der Waals surface area contributed by atoms with Crippen molar-refractivity contribution < 1.29 is 14.3 Å². The Labute approximate surface area is 132 Å². The Kier molecular flexibility index (Phi) is 5.64. The summed E-state index contributed by atoms with van der Waals surface area (Å²) in [6, 6.07) is 0.364. The summed E-state index contributed by atoms with van der Waals surface area (Å²) in [6.45, 7) is 3.45. The second kappa shape index (κ2) is 7.26. The number of thioether (sulfide) groups is 1. The molecular formula is C14H20N2O3S2. The topological polar surface area (TPSA) is 68.3 Å². The fraction of sp³-hybridized carbons (Fsp3) is 0.643. The number of nitrogens with one attached hydrogen (secondary N) is 1. The molecule has 1 aliphatic rings. The molecule has 0 spiro atoms. The highest BCUT2D eigenvalue weighted by Gasteiger charge is 2.27. The van der Waals surface area contributed by atoms with Gasteiger partial charge >= 0.3 is 5.97 Å². The van der Waals surface area contributed by atoms with E-state index >= 15 is 0 Å². The highest BCUT2D eigenvalue weighted by Crippen LogP contribution is 2.32. The van der Waals surface area contributed by atoms with Crippen molar-refractivity contribution in [3.8, 4) is 0 Å². The number of Topliss-reactive ketones (excluding diaryl/α,β-unsaturated/α-hetero) is 1. The van der Waals surface area contributed by atoms with Crippen LogP contribution in [0.1, 0.15) is 53.3 Å². The first kappa shape index (κ1) is 16.3. The lowest BCUT2D eigenvalue weighted by atomic mass is 10.2. The van der Waals surface area contributed by atoms with Crippen LogP contribution in [-0.4, -0.2) is 40.9 Å². The Bertz CT molecular complexity index is 530. The van der Waals surface area contributed by atoms with Crippen LogP contribution in [-0.2, 0) is 4.74 Å². The minimum Gasteiger partial charge on any atom is -0.461 e. The van der Waals surface area contributed by atoms with Gasteiger partial charge in [0.1, 0.15) is 4.88 Å². The molecule has 1 heterocycles. The number of rotatable bonds is 6. The third-order valence-corrected chi connectivity index (χ3v) is 5.64. The molecule has 2 rings (SSSR count). The lowest BCUT2D eigenvalue weighted by Crippen LogP contribution is -2.16. The minimum atomic E-state index is -0.527. The van der Waals surface area contributed by atoms with Crippen molar-refractivity contribution in [1.82, 2.24) is 4.98 Å². The summed E-state index contributed by atoms with van der Waals surface area (Å²) in [4.78, 5) is 28.2. The maximum atomic E-state index is 11.9. The number of nitrogens with zero attached hydrogens (tertiary/aromatic N) is 1. The molecule has 1 aromatic rings. The number of ether oxygens (including phenoxy) is 1. The van der Waals surface area contributed by atoms with Crippen molar-refractivity contribution in [3.63, 3.8) is 0 Å². The van der Waals surface area contributed by atoms with Crippen LogP contribution in [0.25, 0.3) is 0 Å². The molecule has 2 atom stereocenters. The molecule has 21 heavy (non-hydrogen) atoms. The lowest BCUT2D eigenvalue weighted by molar-refractivity contribution is 0.0517. The molecule has 0 amide bonds. The maximum absolute atomic E-state index is 11.9. The van der Waals surface area contributed by atoms with Crippen molar-refractivity contribution >= 4 is 40.0 Å². The Morgan fingerprint density at radius 1 is 1.48 bits per heavy atom. The molecule has 1 saturated carbocycles. The first-order valence-electron chi connectivity index (χ1n) is 7.03. The molecular weight excluding hydrogens is 308 g/mol. The van der Waals surface area contributed by atoms with Gasteiger partial charge in [-0.2, -0.15) is 11.8 Å². The summed E-state index contributed by atoms with van der Waals surface area (Å²) in [5, 5.41) is 4.67. The van der Waals surface area contributed by atoms with Gasteiger partial charge in [-0.05, 0) is 32.4 Å². The third kappa shape index (κ3) is 3.97. The van der Waals surface area contributed by atoms with Gasteiger partial charge in [-0.1, -0.05) is 11.3 Å². The fourth-order valence-electron chi connectivity index (χ4n) is 2.42. The quantitative estimate of drug-likeness (QED) is 0.639. The summed E-state index contributed by atoms with van der Waals surface area (Å²) in [7, 11) is 0. The van der Waals surface area contributed by atoms with Gasteiger partial charge in [0, 0.05) is 18.2 Å². The molecule has 7 heteroatoms. The molecule has 1 aromatic heterocycles. The summed E-state index contributed by atoms with van der Waals surface area (Å²) >= 11 is 3.12. The van der Waals surface area contributed by atoms with Gasteiger partial charge < -0.3 is 10.1 Å². The van der Waals surface area contributed by atoms with E-state index in [0.29, 0.717) is 21.3 Å². The molecule has 1 aliphatic carbocycles. The van der Waals surface area contributed by atoms with Crippen molar-refractivity contribution in [3.05, 3.63) is 10.6 Å². The maximum Gasteiger partial charge on any atom is 0.358 e. The normalized spacial score (nSPS) is 21.3. The molecule has 2 unspecified atom stereocenters. The number of carbonyl (C=O) groups is 2. The molecule has 0 radical (unpaired) electrons. The zero-order valence-electron chi connectivity index (χ0n) is 12.5. The summed E-state index contributed by atoms with van der Waals surface area (Å²) < 4.78 is 4.96. The zero-order chi connectivity index (χ0) is 15.4. The van der Waals surface area contributed by atoms with Gasteiger partial charge in [-0.3, -0.25) is 4.79 Å². The number of anilines is 1. The summed E-state index contributed by atoms with van der Waals surface area (Å²) in [6.07, 6.45) is 5.50. The molecule has 0 aliphatic heterocycles. The smallest absolute Gasteiger partial charge is 0.358 e. The van der Waals surface area contributed by atoms with Crippen LogP contribution in [0.4, 0.5) is 5.13 Å². The second-order valence-corrected chi connectivity index (χ2v) is 7.12. The first-order chi connectivity index (χ1) is 10.0. The average molecular weight is 328 g/mol. The van der Waals surface area contributed by atoms with Crippen molar-refractivity contribution in [2.24, 2.45) is 0 Å². The van der Waals surface area contributed by atoms with E-state index < -0.39 is 5.97 Å². The number of hydrogen-bond acceptors (Lipinski definition) is 7. The Morgan fingerprint density at radius 2 is 2.24 bits per heavy atom. The van der Waals surface area contributed by atoms with Gasteiger partial charge in [0.15, 0.2) is 16.6 Å². The number of ketones is 1. The monoisotopic (exact) mass is 328 g/mol. The van der Waals surface area contributed by atoms with Crippen LogP contribution in [0.3, 0.4) is 0 Å². The van der Waals surface area contributed by atoms with E-state index in [1.165, 1.54) is 24.7 Å². The Morgan fingerprint density at radius 3 is 2.81 bits per heavy atom. The van der Waals surface area contributed by atoms with E-state index in [2.05, 4.69) is 16.6 Å². The van der Waals surface area contributed by atoms with Gasteiger partial charge in [0.2, 0.25) is 0 Å². The molecule has 0 saturated heterocycles. The van der Waals surface area contributed by atoms with E-state index in [-0.39, 0.29) is 18.1 Å². The van der Waals surface area contributed by atoms with Crippen LogP contribution >= 0.6 is 23.1 Å².